The van der Waals surface area contributed by atoms with Gasteiger partial charge in [-0.3, -0.25) is 4.90 Å². The van der Waals surface area contributed by atoms with Crippen molar-refractivity contribution >= 4 is 22.5 Å². The van der Waals surface area contributed by atoms with Gasteiger partial charge in [0.2, 0.25) is 0 Å². The molecule has 0 saturated carbocycles. The van der Waals surface area contributed by atoms with E-state index < -0.39 is 0 Å². The maximum absolute atomic E-state index is 9.44. The van der Waals surface area contributed by atoms with E-state index in [-0.39, 0.29) is 6.61 Å². The monoisotopic (exact) mass is 294 g/mol. The van der Waals surface area contributed by atoms with Gasteiger partial charge in [0.25, 0.3) is 0 Å². The van der Waals surface area contributed by atoms with Crippen LogP contribution in [0.3, 0.4) is 0 Å². The Morgan fingerprint density at radius 3 is 2.50 bits per heavy atom. The average Bonchev–Trinajstić information content (AvgIpc) is 2.76. The number of nitrogens with zero attached hydrogens (tertiary/aromatic N) is 2. The summed E-state index contributed by atoms with van der Waals surface area (Å²) in [6.07, 6.45) is 4.27. The Bertz CT molecular complexity index is 559. The molecule has 0 radical (unpaired) electrons. The minimum atomic E-state index is 0.0225. The second kappa shape index (κ2) is 7.11. The maximum Gasteiger partial charge on any atom is 0.0751 e. The molecule has 1 aromatic carbocycles. The largest absolute Gasteiger partial charge is 0.392 e. The third-order valence-corrected chi connectivity index (χ3v) is 3.84. The van der Waals surface area contributed by atoms with Crippen molar-refractivity contribution in [3.05, 3.63) is 35.0 Å². The van der Waals surface area contributed by atoms with Crippen molar-refractivity contribution in [2.24, 2.45) is 0 Å². The molecule has 0 unspecified atom stereocenters. The standard InChI is InChI=1S/C16H23ClN2O/c1-3-8-18(9-4-2)12-19-10-14(17)16-13(11-20)6-5-7-15(16)19/h5-7,10,20H,3-4,8-9,11-12H2,1-2H3. The molecule has 20 heavy (non-hydrogen) atoms. The van der Waals surface area contributed by atoms with Gasteiger partial charge in [-0.25, -0.2) is 0 Å². The molecule has 0 aliphatic rings. The van der Waals surface area contributed by atoms with E-state index in [9.17, 15) is 5.11 Å². The van der Waals surface area contributed by atoms with Crippen molar-refractivity contribution in [1.82, 2.24) is 9.47 Å². The first-order valence-corrected chi connectivity index (χ1v) is 7.68. The van der Waals surface area contributed by atoms with Gasteiger partial charge in [-0.1, -0.05) is 37.6 Å². The number of rotatable bonds is 7. The van der Waals surface area contributed by atoms with E-state index in [1.165, 1.54) is 0 Å². The topological polar surface area (TPSA) is 28.4 Å². The summed E-state index contributed by atoms with van der Waals surface area (Å²) in [5, 5.41) is 11.1. The van der Waals surface area contributed by atoms with Crippen molar-refractivity contribution in [2.45, 2.75) is 40.0 Å². The molecule has 1 heterocycles. The molecule has 1 N–H and O–H groups in total. The van der Waals surface area contributed by atoms with E-state index in [0.29, 0.717) is 0 Å². The fraction of sp³-hybridized carbons (Fsp3) is 0.500. The zero-order valence-corrected chi connectivity index (χ0v) is 13.0. The SMILES string of the molecule is CCCN(CCC)Cn1cc(Cl)c2c(CO)cccc21. The Labute approximate surface area is 125 Å². The van der Waals surface area contributed by atoms with Gasteiger partial charge in [0, 0.05) is 11.6 Å². The highest BCUT2D eigenvalue weighted by Crippen LogP contribution is 2.29. The van der Waals surface area contributed by atoms with Crippen LogP contribution in [-0.2, 0) is 13.3 Å². The van der Waals surface area contributed by atoms with Gasteiger partial charge in [0.1, 0.15) is 0 Å². The molecular weight excluding hydrogens is 272 g/mol. The lowest BCUT2D eigenvalue weighted by Gasteiger charge is -2.22. The van der Waals surface area contributed by atoms with Gasteiger partial charge in [-0.05, 0) is 37.6 Å². The number of aromatic nitrogens is 1. The minimum absolute atomic E-state index is 0.0225. The molecule has 0 aliphatic carbocycles. The first-order valence-electron chi connectivity index (χ1n) is 7.30. The van der Waals surface area contributed by atoms with E-state index in [0.717, 1.165) is 54.1 Å². The first kappa shape index (κ1) is 15.4. The molecule has 0 aliphatic heterocycles. The number of halogens is 1. The van der Waals surface area contributed by atoms with E-state index in [4.69, 9.17) is 11.6 Å². The summed E-state index contributed by atoms with van der Waals surface area (Å²) in [6.45, 7) is 7.45. The summed E-state index contributed by atoms with van der Waals surface area (Å²) < 4.78 is 2.18. The molecule has 0 spiro atoms. The first-order chi connectivity index (χ1) is 9.71. The fourth-order valence-electron chi connectivity index (χ4n) is 2.72. The predicted molar refractivity (Wildman–Crippen MR) is 85.0 cm³/mol. The maximum atomic E-state index is 9.44. The van der Waals surface area contributed by atoms with Gasteiger partial charge in [-0.15, -0.1) is 0 Å². The Morgan fingerprint density at radius 1 is 1.20 bits per heavy atom. The third-order valence-electron chi connectivity index (χ3n) is 3.55. The molecule has 1 aromatic heterocycles. The van der Waals surface area contributed by atoms with Gasteiger partial charge < -0.3 is 9.67 Å². The van der Waals surface area contributed by atoms with Crippen LogP contribution in [0.4, 0.5) is 0 Å². The minimum Gasteiger partial charge on any atom is -0.392 e. The normalized spacial score (nSPS) is 11.7. The second-order valence-electron chi connectivity index (χ2n) is 5.18. The number of fused-ring (bicyclic) bond motifs is 1. The molecule has 0 fully saturated rings. The van der Waals surface area contributed by atoms with Gasteiger partial charge >= 0.3 is 0 Å². The number of aliphatic hydroxyl groups excluding tert-OH is 1. The van der Waals surface area contributed by atoms with Gasteiger partial charge in [0.05, 0.1) is 23.8 Å². The zero-order valence-electron chi connectivity index (χ0n) is 12.3. The number of hydrogen-bond donors (Lipinski definition) is 1. The Balaban J connectivity index is 2.35. The number of aliphatic hydroxyl groups is 1. The van der Waals surface area contributed by atoms with E-state index in [1.54, 1.807) is 0 Å². The highest BCUT2D eigenvalue weighted by molar-refractivity contribution is 6.35. The smallest absolute Gasteiger partial charge is 0.0751 e. The molecule has 0 bridgehead atoms. The van der Waals surface area contributed by atoms with E-state index in [1.807, 2.05) is 18.3 Å². The quantitative estimate of drug-likeness (QED) is 0.840. The Hall–Kier alpha value is -1.03. The highest BCUT2D eigenvalue weighted by atomic mass is 35.5. The summed E-state index contributed by atoms with van der Waals surface area (Å²) in [5.41, 5.74) is 1.99. The molecule has 4 heteroatoms. The molecule has 110 valence electrons. The lowest BCUT2D eigenvalue weighted by molar-refractivity contribution is 0.222. The summed E-state index contributed by atoms with van der Waals surface area (Å²) in [4.78, 5) is 2.43. The molecule has 2 aromatic rings. The van der Waals surface area contributed by atoms with Gasteiger partial charge in [0.15, 0.2) is 0 Å². The van der Waals surface area contributed by atoms with Crippen molar-refractivity contribution in [2.75, 3.05) is 13.1 Å². The molecular formula is C16H23ClN2O. The van der Waals surface area contributed by atoms with Crippen LogP contribution in [0.5, 0.6) is 0 Å². The van der Waals surface area contributed by atoms with Crippen LogP contribution < -0.4 is 0 Å². The summed E-state index contributed by atoms with van der Waals surface area (Å²) in [5.74, 6) is 0. The zero-order chi connectivity index (χ0) is 14.5. The van der Waals surface area contributed by atoms with Crippen LogP contribution in [0.25, 0.3) is 10.9 Å². The van der Waals surface area contributed by atoms with Crippen LogP contribution >= 0.6 is 11.6 Å². The molecule has 0 atom stereocenters. The summed E-state index contributed by atoms with van der Waals surface area (Å²) in [6, 6.07) is 5.97. The van der Waals surface area contributed by atoms with E-state index in [2.05, 4.69) is 29.4 Å². The van der Waals surface area contributed by atoms with Crippen molar-refractivity contribution in [1.29, 1.82) is 0 Å². The Kier molecular flexibility index (Phi) is 5.46. The third kappa shape index (κ3) is 3.17. The fourth-order valence-corrected chi connectivity index (χ4v) is 3.06. The van der Waals surface area contributed by atoms with Crippen molar-refractivity contribution in [3.8, 4) is 0 Å². The highest BCUT2D eigenvalue weighted by Gasteiger charge is 2.12. The van der Waals surface area contributed by atoms with Crippen LogP contribution in [0.15, 0.2) is 24.4 Å². The molecule has 2 rings (SSSR count). The molecule has 0 amide bonds. The number of benzene rings is 1. The van der Waals surface area contributed by atoms with Gasteiger partial charge in [-0.2, -0.15) is 0 Å². The lowest BCUT2D eigenvalue weighted by atomic mass is 10.1. The predicted octanol–water partition coefficient (Wildman–Crippen LogP) is 3.87. The van der Waals surface area contributed by atoms with Crippen LogP contribution in [0.1, 0.15) is 32.3 Å². The van der Waals surface area contributed by atoms with Crippen LogP contribution in [-0.4, -0.2) is 27.7 Å². The van der Waals surface area contributed by atoms with E-state index >= 15 is 0 Å². The van der Waals surface area contributed by atoms with Crippen molar-refractivity contribution < 1.29 is 5.11 Å². The average molecular weight is 295 g/mol. The van der Waals surface area contributed by atoms with Crippen LogP contribution in [0.2, 0.25) is 5.02 Å². The molecule has 3 nitrogen and oxygen atoms in total. The second-order valence-corrected chi connectivity index (χ2v) is 5.58. The summed E-state index contributed by atoms with van der Waals surface area (Å²) in [7, 11) is 0. The lowest BCUT2D eigenvalue weighted by Crippen LogP contribution is -2.27. The van der Waals surface area contributed by atoms with Crippen molar-refractivity contribution in [3.63, 3.8) is 0 Å². The summed E-state index contributed by atoms with van der Waals surface area (Å²) >= 11 is 6.35. The molecule has 0 saturated heterocycles. The van der Waals surface area contributed by atoms with Crippen LogP contribution in [0, 0.1) is 0 Å². The number of hydrogen-bond acceptors (Lipinski definition) is 2. The Morgan fingerprint density at radius 2 is 1.90 bits per heavy atom.